The minimum absolute atomic E-state index is 0. The van der Waals surface area contributed by atoms with Crippen LogP contribution in [0.15, 0.2) is 158 Å². The van der Waals surface area contributed by atoms with Gasteiger partial charge in [-0.1, -0.05) is 170 Å². The van der Waals surface area contributed by atoms with Gasteiger partial charge in [-0.3, -0.25) is 0 Å². The van der Waals surface area contributed by atoms with Crippen LogP contribution in [0.1, 0.15) is 86.5 Å². The fourth-order valence-corrected chi connectivity index (χ4v) is 10.5. The number of rotatable bonds is 19. The van der Waals surface area contributed by atoms with Gasteiger partial charge in [0.15, 0.2) is 0 Å². The molecule has 0 saturated heterocycles. The largest absolute Gasteiger partial charge is 0.870 e. The molecule has 0 atom stereocenters. The van der Waals surface area contributed by atoms with Crippen LogP contribution in [0.2, 0.25) is 0 Å². The zero-order valence-electron chi connectivity index (χ0n) is 41.8. The normalized spacial score (nSPS) is 12.8. The molecule has 0 bridgehead atoms. The quantitative estimate of drug-likeness (QED) is 0.0600. The molecule has 1 aliphatic rings. The Kier molecular flexibility index (Phi) is 16.7. The third-order valence-corrected chi connectivity index (χ3v) is 14.0. The molecule has 2 N–H and O–H groups in total. The molecule has 7 aromatic rings. The van der Waals surface area contributed by atoms with Crippen molar-refractivity contribution in [1.82, 2.24) is 0 Å². The lowest BCUT2D eigenvalue weighted by Crippen LogP contribution is -2.35. The average Bonchev–Trinajstić information content (AvgIpc) is 3.55. The Labute approximate surface area is 403 Å². The Bertz CT molecular complexity index is 2690. The smallest absolute Gasteiger partial charge is 0.0780 e. The first kappa shape index (κ1) is 50.8. The highest BCUT2D eigenvalue weighted by atomic mass is 16.0. The van der Waals surface area contributed by atoms with Crippen LogP contribution in [-0.2, 0) is 5.41 Å². The van der Waals surface area contributed by atoms with E-state index in [9.17, 15) is 0 Å². The van der Waals surface area contributed by atoms with Gasteiger partial charge in [-0.2, -0.15) is 0 Å². The van der Waals surface area contributed by atoms with Crippen LogP contribution in [-0.4, -0.2) is 75.3 Å². The number of aryl methyl sites for hydroxylation is 2. The summed E-state index contributed by atoms with van der Waals surface area (Å²) in [7, 11) is 13.9. The van der Waals surface area contributed by atoms with Crippen molar-refractivity contribution in [2.24, 2.45) is 0 Å². The van der Waals surface area contributed by atoms with E-state index >= 15 is 0 Å². The summed E-state index contributed by atoms with van der Waals surface area (Å²) in [5.74, 6) is 0. The van der Waals surface area contributed by atoms with E-state index in [1.165, 1.54) is 155 Å². The molecule has 67 heavy (non-hydrogen) atoms. The van der Waals surface area contributed by atoms with Crippen LogP contribution < -0.4 is 0 Å². The maximum atomic E-state index is 2.60. The molecule has 7 aromatic carbocycles. The minimum atomic E-state index is 0. The predicted octanol–water partition coefficient (Wildman–Crippen LogP) is 15.9. The first-order valence-electron chi connectivity index (χ1n) is 24.6. The van der Waals surface area contributed by atoms with Gasteiger partial charge in [0.2, 0.25) is 0 Å². The van der Waals surface area contributed by atoms with Crippen molar-refractivity contribution in [3.63, 3.8) is 0 Å². The third-order valence-electron chi connectivity index (χ3n) is 14.0. The molecule has 0 saturated carbocycles. The number of fused-ring (bicyclic) bond motifs is 3. The molecule has 4 nitrogen and oxygen atoms in total. The van der Waals surface area contributed by atoms with Crippen LogP contribution in [0.3, 0.4) is 0 Å². The second-order valence-electron chi connectivity index (χ2n) is 21.4. The van der Waals surface area contributed by atoms with E-state index in [1.54, 1.807) is 11.1 Å². The van der Waals surface area contributed by atoms with Gasteiger partial charge in [0.25, 0.3) is 0 Å². The summed E-state index contributed by atoms with van der Waals surface area (Å²) in [5.41, 5.74) is 21.3. The lowest BCUT2D eigenvalue weighted by Gasteiger charge is -2.33. The van der Waals surface area contributed by atoms with E-state index in [0.717, 1.165) is 8.97 Å². The lowest BCUT2D eigenvalue weighted by atomic mass is 9.70. The minimum Gasteiger partial charge on any atom is -0.870 e. The molecule has 4 heteroatoms. The number of quaternary nitrogens is 2. The number of hydrogen-bond acceptors (Lipinski definition) is 2. The first-order valence-corrected chi connectivity index (χ1v) is 24.6. The van der Waals surface area contributed by atoms with Gasteiger partial charge in [0.05, 0.1) is 55.4 Å². The zero-order chi connectivity index (χ0) is 45.6. The molecule has 0 fully saturated rings. The summed E-state index contributed by atoms with van der Waals surface area (Å²) >= 11 is 0. The Hall–Kier alpha value is -5.62. The lowest BCUT2D eigenvalue weighted by molar-refractivity contribution is -0.870. The maximum absolute atomic E-state index is 2.60. The van der Waals surface area contributed by atoms with Gasteiger partial charge >= 0.3 is 0 Å². The van der Waals surface area contributed by atoms with Crippen molar-refractivity contribution in [2.45, 2.75) is 83.5 Å². The van der Waals surface area contributed by atoms with Gasteiger partial charge in [-0.15, -0.1) is 0 Å². The van der Waals surface area contributed by atoms with E-state index < -0.39 is 0 Å². The molecule has 1 aliphatic carbocycles. The fourth-order valence-electron chi connectivity index (χ4n) is 10.5. The van der Waals surface area contributed by atoms with E-state index in [1.807, 2.05) is 0 Å². The highest BCUT2D eigenvalue weighted by molar-refractivity contribution is 5.85. The maximum Gasteiger partial charge on any atom is 0.0780 e. The Morgan fingerprint density at radius 1 is 0.313 bits per heavy atom. The van der Waals surface area contributed by atoms with E-state index in [4.69, 9.17) is 0 Å². The van der Waals surface area contributed by atoms with Gasteiger partial charge in [0.1, 0.15) is 0 Å². The summed E-state index contributed by atoms with van der Waals surface area (Å²) in [6.45, 7) is 6.93. The summed E-state index contributed by atoms with van der Waals surface area (Å²) in [4.78, 5) is 0. The Balaban J connectivity index is 0.00000370. The van der Waals surface area contributed by atoms with Crippen molar-refractivity contribution in [3.05, 3.63) is 180 Å². The number of nitrogens with zero attached hydrogens (tertiary/aromatic N) is 2. The molecule has 0 aromatic heterocycles. The van der Waals surface area contributed by atoms with Crippen LogP contribution in [0.25, 0.3) is 66.8 Å². The predicted molar refractivity (Wildman–Crippen MR) is 285 cm³/mol. The molecule has 8 rings (SSSR count). The van der Waals surface area contributed by atoms with Crippen LogP contribution in [0.5, 0.6) is 0 Å². The number of hydrogen-bond donors (Lipinski definition) is 0. The highest BCUT2D eigenvalue weighted by Crippen LogP contribution is 2.55. The van der Waals surface area contributed by atoms with Crippen molar-refractivity contribution in [3.8, 4) is 66.8 Å². The van der Waals surface area contributed by atoms with Gasteiger partial charge in [-0.25, -0.2) is 0 Å². The molecule has 0 spiro atoms. The highest BCUT2D eigenvalue weighted by Gasteiger charge is 2.42. The average molecular weight is 893 g/mol. The number of unbranched alkanes of at least 4 members (excludes halogenated alkanes) is 6. The van der Waals surface area contributed by atoms with E-state index in [2.05, 4.69) is 214 Å². The first-order chi connectivity index (χ1) is 31.2. The topological polar surface area (TPSA) is 60.0 Å². The zero-order valence-corrected chi connectivity index (χ0v) is 41.8. The summed E-state index contributed by atoms with van der Waals surface area (Å²) in [5, 5.41) is 0. The number of benzene rings is 7. The molecule has 0 aliphatic heterocycles. The second kappa shape index (κ2) is 22.0. The fraction of sp³-hybridized carbons (Fsp3) is 0.333. The van der Waals surface area contributed by atoms with E-state index in [-0.39, 0.29) is 16.4 Å². The van der Waals surface area contributed by atoms with Crippen LogP contribution in [0, 0.1) is 13.8 Å². The van der Waals surface area contributed by atoms with Crippen LogP contribution >= 0.6 is 0 Å². The molecule has 350 valence electrons. The Morgan fingerprint density at radius 3 is 1.07 bits per heavy atom. The summed E-state index contributed by atoms with van der Waals surface area (Å²) in [6, 6.07) is 59.9. The van der Waals surface area contributed by atoms with Crippen molar-refractivity contribution >= 4 is 0 Å². The summed E-state index contributed by atoms with van der Waals surface area (Å²) < 4.78 is 2.10. The molecule has 0 unspecified atom stereocenters. The second-order valence-corrected chi connectivity index (χ2v) is 21.4. The SMILES string of the molecule is Cc1cccc(-c2cccc(-c3ccc(-c4cccc(-c5cccc(-c6ccc7c(c6)C(CCCCCC[N+](C)(C)C)(CCCCCC[N+](C)(C)C)c6cc(C)ccc6-7)c5)c4)cc3)c2)c1.[OH-].[OH-]. The third kappa shape index (κ3) is 12.5. The molecular weight excluding hydrogens is 817 g/mol. The molecule has 0 heterocycles. The van der Waals surface area contributed by atoms with Crippen molar-refractivity contribution in [2.75, 3.05) is 55.4 Å². The van der Waals surface area contributed by atoms with Crippen molar-refractivity contribution < 1.29 is 19.9 Å². The van der Waals surface area contributed by atoms with Gasteiger partial charge in [0, 0.05) is 5.41 Å². The molecule has 0 radical (unpaired) electrons. The van der Waals surface area contributed by atoms with Gasteiger partial charge in [-0.05, 0) is 155 Å². The Morgan fingerprint density at radius 2 is 0.642 bits per heavy atom. The summed E-state index contributed by atoms with van der Waals surface area (Å²) in [6.07, 6.45) is 12.8. The standard InChI is InChI=1S/C63H74N2.2H2O/c1-47-21-17-22-51(41-47)54-25-18-23-52(43-54)49-30-32-50(33-31-49)53-24-19-26-55(44-53)56-27-20-28-57(45-56)58-34-36-60-59-35-29-48(2)42-61(59)63(62(60)46-58,37-13-9-11-15-39-64(3,4)5)38-14-10-12-16-40-65(6,7)8;;/h17-36,41-46H,9-16,37-40H2,1-8H3;2*1H2/q+2;;/p-2. The van der Waals surface area contributed by atoms with Crippen molar-refractivity contribution in [1.29, 1.82) is 0 Å². The van der Waals surface area contributed by atoms with E-state index in [0.29, 0.717) is 0 Å². The van der Waals surface area contributed by atoms with Gasteiger partial charge < -0.3 is 19.9 Å². The monoisotopic (exact) mass is 893 g/mol. The molecule has 0 amide bonds. The van der Waals surface area contributed by atoms with Crippen LogP contribution in [0.4, 0.5) is 0 Å². The molecular formula is C63H76N2O2.